The summed E-state index contributed by atoms with van der Waals surface area (Å²) in [5, 5.41) is 2.95. The Morgan fingerprint density at radius 1 is 1.24 bits per heavy atom. The van der Waals surface area contributed by atoms with Gasteiger partial charge in [0.25, 0.3) is 0 Å². The van der Waals surface area contributed by atoms with Crippen LogP contribution in [0.5, 0.6) is 0 Å². The highest BCUT2D eigenvalue weighted by molar-refractivity contribution is 9.10. The Labute approximate surface area is 129 Å². The first-order chi connectivity index (χ1) is 9.88. The summed E-state index contributed by atoms with van der Waals surface area (Å²) >= 11 is 3.27. The highest BCUT2D eigenvalue weighted by Crippen LogP contribution is 2.28. The van der Waals surface area contributed by atoms with E-state index in [9.17, 15) is 13.6 Å². The molecule has 2 aromatic carbocycles. The molecule has 0 radical (unpaired) electrons. The third kappa shape index (κ3) is 3.58. The summed E-state index contributed by atoms with van der Waals surface area (Å²) in [6.45, 7) is 1.80. The number of rotatable bonds is 4. The van der Waals surface area contributed by atoms with Gasteiger partial charge in [-0.05, 0) is 42.8 Å². The van der Waals surface area contributed by atoms with Crippen LogP contribution in [-0.4, -0.2) is 5.91 Å². The van der Waals surface area contributed by atoms with Crippen molar-refractivity contribution < 1.29 is 13.6 Å². The van der Waals surface area contributed by atoms with Crippen molar-refractivity contribution in [1.29, 1.82) is 0 Å². The minimum Gasteiger partial charge on any atom is -0.376 e. The maximum atomic E-state index is 13.8. The van der Waals surface area contributed by atoms with Crippen LogP contribution < -0.4 is 11.1 Å². The Morgan fingerprint density at radius 2 is 1.95 bits per heavy atom. The van der Waals surface area contributed by atoms with E-state index in [0.717, 1.165) is 5.56 Å². The number of hydrogen-bond acceptors (Lipinski definition) is 2. The highest BCUT2D eigenvalue weighted by atomic mass is 79.9. The average molecular weight is 355 g/mol. The van der Waals surface area contributed by atoms with E-state index in [0.29, 0.717) is 4.47 Å². The van der Waals surface area contributed by atoms with Crippen LogP contribution in [0.1, 0.15) is 28.9 Å². The lowest BCUT2D eigenvalue weighted by molar-refractivity contribution is 0.100. The first kappa shape index (κ1) is 15.4. The van der Waals surface area contributed by atoms with Crippen LogP contribution >= 0.6 is 15.9 Å². The zero-order valence-electron chi connectivity index (χ0n) is 11.2. The molecule has 2 rings (SSSR count). The highest BCUT2D eigenvalue weighted by Gasteiger charge is 2.13. The lowest BCUT2D eigenvalue weighted by Crippen LogP contribution is -2.13. The number of carbonyl (C=O) groups excluding carboxylic acids is 1. The fraction of sp³-hybridized carbons (Fsp3) is 0.133. The summed E-state index contributed by atoms with van der Waals surface area (Å²) in [6.07, 6.45) is 0. The monoisotopic (exact) mass is 354 g/mol. The minimum atomic E-state index is -0.631. The zero-order chi connectivity index (χ0) is 15.6. The van der Waals surface area contributed by atoms with Gasteiger partial charge in [0.15, 0.2) is 0 Å². The van der Waals surface area contributed by atoms with Gasteiger partial charge in [-0.15, -0.1) is 0 Å². The fourth-order valence-corrected chi connectivity index (χ4v) is 2.65. The molecule has 0 fully saturated rings. The van der Waals surface area contributed by atoms with Gasteiger partial charge in [-0.3, -0.25) is 4.79 Å². The van der Waals surface area contributed by atoms with Crippen LogP contribution in [0.3, 0.4) is 0 Å². The second kappa shape index (κ2) is 6.22. The smallest absolute Gasteiger partial charge is 0.248 e. The normalized spacial score (nSPS) is 12.0. The van der Waals surface area contributed by atoms with Gasteiger partial charge in [0, 0.05) is 16.1 Å². The van der Waals surface area contributed by atoms with Gasteiger partial charge in [-0.1, -0.05) is 22.0 Å². The molecule has 3 N–H and O–H groups in total. The van der Waals surface area contributed by atoms with Crippen molar-refractivity contribution in [2.24, 2.45) is 5.73 Å². The van der Waals surface area contributed by atoms with Gasteiger partial charge in [0.2, 0.25) is 5.91 Å². The second-order valence-electron chi connectivity index (χ2n) is 4.59. The summed E-state index contributed by atoms with van der Waals surface area (Å²) < 4.78 is 27.4. The molecule has 2 aromatic rings. The van der Waals surface area contributed by atoms with E-state index in [1.807, 2.05) is 0 Å². The molecular formula is C15H13BrF2N2O. The van der Waals surface area contributed by atoms with E-state index < -0.39 is 11.7 Å². The number of benzene rings is 2. The van der Waals surface area contributed by atoms with E-state index in [4.69, 9.17) is 5.73 Å². The quantitative estimate of drug-likeness (QED) is 0.871. The third-order valence-corrected chi connectivity index (χ3v) is 3.74. The molecular weight excluding hydrogens is 342 g/mol. The van der Waals surface area contributed by atoms with Gasteiger partial charge in [-0.25, -0.2) is 8.78 Å². The molecule has 1 unspecified atom stereocenters. The fourth-order valence-electron chi connectivity index (χ4n) is 1.95. The first-order valence-corrected chi connectivity index (χ1v) is 6.98. The van der Waals surface area contributed by atoms with Gasteiger partial charge in [-0.2, -0.15) is 0 Å². The topological polar surface area (TPSA) is 55.1 Å². The minimum absolute atomic E-state index is 0.162. The van der Waals surface area contributed by atoms with Crippen LogP contribution in [0.2, 0.25) is 0 Å². The Hall–Kier alpha value is -1.95. The maximum Gasteiger partial charge on any atom is 0.248 e. The molecule has 0 aliphatic heterocycles. The molecule has 0 bridgehead atoms. The Kier molecular flexibility index (Phi) is 4.57. The number of nitrogens with two attached hydrogens (primary N) is 1. The number of halogens is 3. The lowest BCUT2D eigenvalue weighted by Gasteiger charge is -2.18. The van der Waals surface area contributed by atoms with E-state index in [1.54, 1.807) is 13.0 Å². The van der Waals surface area contributed by atoms with E-state index >= 15 is 0 Å². The average Bonchev–Trinajstić information content (AvgIpc) is 2.40. The molecule has 0 saturated heterocycles. The summed E-state index contributed by atoms with van der Waals surface area (Å²) in [7, 11) is 0. The van der Waals surface area contributed by atoms with Crippen LogP contribution in [0.15, 0.2) is 40.9 Å². The van der Waals surface area contributed by atoms with Crippen LogP contribution in [0.4, 0.5) is 14.5 Å². The number of carbonyl (C=O) groups is 1. The number of primary amides is 1. The zero-order valence-corrected chi connectivity index (χ0v) is 12.7. The maximum absolute atomic E-state index is 13.8. The largest absolute Gasteiger partial charge is 0.376 e. The summed E-state index contributed by atoms with van der Waals surface area (Å²) in [4.78, 5) is 11.1. The number of nitrogens with one attached hydrogen (secondary N) is 1. The second-order valence-corrected chi connectivity index (χ2v) is 5.45. The Balaban J connectivity index is 2.28. The molecule has 0 aliphatic carbocycles. The summed E-state index contributed by atoms with van der Waals surface area (Å²) in [5.41, 5.74) is 6.32. The van der Waals surface area contributed by atoms with Gasteiger partial charge in [0.05, 0.1) is 5.69 Å². The molecule has 0 heterocycles. The van der Waals surface area contributed by atoms with E-state index in [1.165, 1.54) is 30.3 Å². The predicted molar refractivity (Wildman–Crippen MR) is 81.1 cm³/mol. The van der Waals surface area contributed by atoms with Crippen molar-refractivity contribution in [1.82, 2.24) is 0 Å². The molecule has 0 saturated carbocycles. The third-order valence-electron chi connectivity index (χ3n) is 3.05. The SMILES string of the molecule is CC(Nc1cc(C(N)=O)ccc1F)c1ccc(F)cc1Br. The molecule has 21 heavy (non-hydrogen) atoms. The van der Waals surface area contributed by atoms with Crippen molar-refractivity contribution in [3.8, 4) is 0 Å². The van der Waals surface area contributed by atoms with Gasteiger partial charge >= 0.3 is 0 Å². The van der Waals surface area contributed by atoms with Crippen LogP contribution in [0, 0.1) is 11.6 Å². The van der Waals surface area contributed by atoms with Crippen molar-refractivity contribution in [2.75, 3.05) is 5.32 Å². The van der Waals surface area contributed by atoms with Crippen LogP contribution in [0.25, 0.3) is 0 Å². The Bertz CT molecular complexity index is 691. The van der Waals surface area contributed by atoms with Gasteiger partial charge in [0.1, 0.15) is 11.6 Å². The summed E-state index contributed by atoms with van der Waals surface area (Å²) in [6, 6.07) is 7.82. The standard InChI is InChI=1S/C15H13BrF2N2O/c1-8(11-4-3-10(17)7-12(11)16)20-14-6-9(15(19)21)2-5-13(14)18/h2-8,20H,1H3,(H2,19,21). The Morgan fingerprint density at radius 3 is 2.57 bits per heavy atom. The number of anilines is 1. The molecule has 0 spiro atoms. The summed E-state index contributed by atoms with van der Waals surface area (Å²) in [5.74, 6) is -1.49. The molecule has 3 nitrogen and oxygen atoms in total. The van der Waals surface area contributed by atoms with Crippen molar-refractivity contribution in [3.05, 3.63) is 63.6 Å². The molecule has 0 aromatic heterocycles. The van der Waals surface area contributed by atoms with E-state index in [-0.39, 0.29) is 23.1 Å². The van der Waals surface area contributed by atoms with Crippen LogP contribution in [-0.2, 0) is 0 Å². The molecule has 110 valence electrons. The van der Waals surface area contributed by atoms with Crippen molar-refractivity contribution in [2.45, 2.75) is 13.0 Å². The lowest BCUT2D eigenvalue weighted by atomic mass is 10.1. The van der Waals surface area contributed by atoms with Crippen molar-refractivity contribution >= 4 is 27.5 Å². The number of hydrogen-bond donors (Lipinski definition) is 2. The predicted octanol–water partition coefficient (Wildman–Crippen LogP) is 4.00. The molecule has 1 atom stereocenters. The van der Waals surface area contributed by atoms with E-state index in [2.05, 4.69) is 21.2 Å². The molecule has 6 heteroatoms. The number of amides is 1. The molecule has 0 aliphatic rings. The van der Waals surface area contributed by atoms with Gasteiger partial charge < -0.3 is 11.1 Å². The first-order valence-electron chi connectivity index (χ1n) is 6.19. The molecule has 1 amide bonds. The van der Waals surface area contributed by atoms with Crippen molar-refractivity contribution in [3.63, 3.8) is 0 Å².